The Hall–Kier alpha value is -0.610. The quantitative estimate of drug-likeness (QED) is 0.766. The number of likely N-dealkylation sites (tertiary alicyclic amines) is 1. The summed E-state index contributed by atoms with van der Waals surface area (Å²) < 4.78 is 4.95. The molecule has 124 valence electrons. The predicted molar refractivity (Wildman–Crippen MR) is 87.3 cm³/mol. The van der Waals surface area contributed by atoms with E-state index in [0.29, 0.717) is 6.04 Å². The number of methoxy groups -OCH3 is 1. The number of carbonyl (C=O) groups excluding carboxylic acids is 1. The minimum Gasteiger partial charge on any atom is -0.468 e. The summed E-state index contributed by atoms with van der Waals surface area (Å²) in [5.74, 6) is 1.45. The SMILES string of the molecule is CNC(C)(CC(C)N1CCCC(C(C)C)CC1)C(=O)OC. The maximum Gasteiger partial charge on any atom is 0.325 e. The molecule has 0 aromatic heterocycles. The molecular weight excluding hydrogens is 264 g/mol. The van der Waals surface area contributed by atoms with Crippen LogP contribution < -0.4 is 5.32 Å². The van der Waals surface area contributed by atoms with E-state index in [9.17, 15) is 4.79 Å². The third kappa shape index (κ3) is 4.96. The number of hydrogen-bond acceptors (Lipinski definition) is 4. The van der Waals surface area contributed by atoms with E-state index >= 15 is 0 Å². The molecule has 1 aliphatic rings. The van der Waals surface area contributed by atoms with Crippen LogP contribution in [0.25, 0.3) is 0 Å². The molecule has 1 fully saturated rings. The van der Waals surface area contributed by atoms with Crippen molar-refractivity contribution in [2.75, 3.05) is 27.2 Å². The Balaban J connectivity index is 2.62. The Kier molecular flexibility index (Phi) is 7.14. The number of rotatable bonds is 6. The van der Waals surface area contributed by atoms with E-state index in [1.54, 1.807) is 0 Å². The minimum atomic E-state index is -0.599. The maximum absolute atomic E-state index is 12.0. The third-order valence-corrected chi connectivity index (χ3v) is 5.26. The van der Waals surface area contributed by atoms with E-state index in [2.05, 4.69) is 31.0 Å². The molecule has 0 aromatic rings. The van der Waals surface area contributed by atoms with Gasteiger partial charge in [-0.15, -0.1) is 0 Å². The number of hydrogen-bond donors (Lipinski definition) is 1. The van der Waals surface area contributed by atoms with E-state index in [1.807, 2.05) is 14.0 Å². The average Bonchev–Trinajstić information content (AvgIpc) is 2.72. The molecule has 3 unspecified atom stereocenters. The Morgan fingerprint density at radius 2 is 2.00 bits per heavy atom. The van der Waals surface area contributed by atoms with E-state index in [0.717, 1.165) is 31.3 Å². The first-order valence-corrected chi connectivity index (χ1v) is 8.35. The Bertz CT molecular complexity index is 333. The lowest BCUT2D eigenvalue weighted by molar-refractivity contribution is -0.148. The largest absolute Gasteiger partial charge is 0.468 e. The lowest BCUT2D eigenvalue weighted by atomic mass is 9.89. The second kappa shape index (κ2) is 8.14. The molecular formula is C17H34N2O2. The summed E-state index contributed by atoms with van der Waals surface area (Å²) in [5, 5.41) is 3.14. The number of carbonyl (C=O) groups is 1. The van der Waals surface area contributed by atoms with Crippen LogP contribution in [0.1, 0.15) is 53.4 Å². The van der Waals surface area contributed by atoms with Crippen LogP contribution in [0, 0.1) is 11.8 Å². The van der Waals surface area contributed by atoms with Gasteiger partial charge in [-0.1, -0.05) is 13.8 Å². The van der Waals surface area contributed by atoms with Gasteiger partial charge in [-0.25, -0.2) is 0 Å². The normalized spacial score (nSPS) is 25.2. The monoisotopic (exact) mass is 298 g/mol. The number of nitrogens with zero attached hydrogens (tertiary/aromatic N) is 1. The molecule has 1 aliphatic heterocycles. The molecule has 4 heteroatoms. The summed E-state index contributed by atoms with van der Waals surface area (Å²) in [4.78, 5) is 14.5. The van der Waals surface area contributed by atoms with Gasteiger partial charge in [-0.05, 0) is 71.5 Å². The molecule has 0 aromatic carbocycles. The number of ether oxygens (including phenoxy) is 1. The third-order valence-electron chi connectivity index (χ3n) is 5.26. The van der Waals surface area contributed by atoms with Crippen LogP contribution >= 0.6 is 0 Å². The zero-order valence-electron chi connectivity index (χ0n) is 14.7. The predicted octanol–water partition coefficient (Wildman–Crippen LogP) is 2.67. The summed E-state index contributed by atoms with van der Waals surface area (Å²) in [6.45, 7) is 11.1. The highest BCUT2D eigenvalue weighted by Crippen LogP contribution is 2.27. The molecule has 4 nitrogen and oxygen atoms in total. The summed E-state index contributed by atoms with van der Waals surface area (Å²) in [6, 6.07) is 0.382. The molecule has 1 saturated heterocycles. The van der Waals surface area contributed by atoms with Crippen LogP contribution in [0.2, 0.25) is 0 Å². The molecule has 3 atom stereocenters. The first-order valence-electron chi connectivity index (χ1n) is 8.35. The van der Waals surface area contributed by atoms with Gasteiger partial charge in [-0.2, -0.15) is 0 Å². The van der Waals surface area contributed by atoms with Crippen LogP contribution in [0.3, 0.4) is 0 Å². The first-order chi connectivity index (χ1) is 9.84. The van der Waals surface area contributed by atoms with Gasteiger partial charge in [0.1, 0.15) is 5.54 Å². The highest BCUT2D eigenvalue weighted by molar-refractivity contribution is 5.80. The molecule has 0 saturated carbocycles. The van der Waals surface area contributed by atoms with Crippen LogP contribution in [-0.2, 0) is 9.53 Å². The van der Waals surface area contributed by atoms with Crippen molar-refractivity contribution < 1.29 is 9.53 Å². The lowest BCUT2D eigenvalue weighted by Crippen LogP contribution is -2.52. The summed E-state index contributed by atoms with van der Waals surface area (Å²) in [6.07, 6.45) is 4.65. The van der Waals surface area contributed by atoms with E-state index < -0.39 is 5.54 Å². The van der Waals surface area contributed by atoms with Gasteiger partial charge in [-0.3, -0.25) is 4.79 Å². The smallest absolute Gasteiger partial charge is 0.325 e. The van der Waals surface area contributed by atoms with E-state index in [4.69, 9.17) is 4.74 Å². The van der Waals surface area contributed by atoms with Crippen molar-refractivity contribution in [3.8, 4) is 0 Å². The second-order valence-corrected chi connectivity index (χ2v) is 7.10. The van der Waals surface area contributed by atoms with Crippen LogP contribution in [0.5, 0.6) is 0 Å². The molecule has 0 aliphatic carbocycles. The minimum absolute atomic E-state index is 0.174. The fraction of sp³-hybridized carbons (Fsp3) is 0.941. The summed E-state index contributed by atoms with van der Waals surface area (Å²) in [5.41, 5.74) is -0.599. The van der Waals surface area contributed by atoms with Gasteiger partial charge in [0.15, 0.2) is 0 Å². The van der Waals surface area contributed by atoms with Gasteiger partial charge >= 0.3 is 5.97 Å². The van der Waals surface area contributed by atoms with Gasteiger partial charge < -0.3 is 15.0 Å². The molecule has 1 heterocycles. The van der Waals surface area contributed by atoms with Gasteiger partial charge in [0.05, 0.1) is 7.11 Å². The van der Waals surface area contributed by atoms with Crippen molar-refractivity contribution in [3.63, 3.8) is 0 Å². The van der Waals surface area contributed by atoms with Gasteiger partial charge in [0.2, 0.25) is 0 Å². The highest BCUT2D eigenvalue weighted by atomic mass is 16.5. The van der Waals surface area contributed by atoms with Crippen molar-refractivity contribution in [1.82, 2.24) is 10.2 Å². The van der Waals surface area contributed by atoms with Crippen LogP contribution in [0.4, 0.5) is 0 Å². The Labute approximate surface area is 130 Å². The molecule has 0 bridgehead atoms. The maximum atomic E-state index is 12.0. The molecule has 0 radical (unpaired) electrons. The fourth-order valence-corrected chi connectivity index (χ4v) is 3.48. The van der Waals surface area contributed by atoms with Crippen LogP contribution in [-0.4, -0.2) is 49.7 Å². The second-order valence-electron chi connectivity index (χ2n) is 7.10. The zero-order chi connectivity index (χ0) is 16.0. The van der Waals surface area contributed by atoms with Gasteiger partial charge in [0.25, 0.3) is 0 Å². The average molecular weight is 298 g/mol. The fourth-order valence-electron chi connectivity index (χ4n) is 3.48. The first kappa shape index (κ1) is 18.4. The highest BCUT2D eigenvalue weighted by Gasteiger charge is 2.36. The van der Waals surface area contributed by atoms with Crippen molar-refractivity contribution in [2.24, 2.45) is 11.8 Å². The van der Waals surface area contributed by atoms with Gasteiger partial charge in [0, 0.05) is 6.04 Å². The number of nitrogens with one attached hydrogen (secondary N) is 1. The van der Waals surface area contributed by atoms with E-state index in [-0.39, 0.29) is 5.97 Å². The Morgan fingerprint density at radius 1 is 1.33 bits per heavy atom. The standard InChI is InChI=1S/C17H34N2O2/c1-13(2)15-8-7-10-19(11-9-15)14(3)12-17(4,18-5)16(20)21-6/h13-15,18H,7-12H2,1-6H3. The molecule has 1 rings (SSSR count). The lowest BCUT2D eigenvalue weighted by Gasteiger charge is -2.35. The summed E-state index contributed by atoms with van der Waals surface area (Å²) in [7, 11) is 3.29. The topological polar surface area (TPSA) is 41.6 Å². The molecule has 0 spiro atoms. The molecule has 21 heavy (non-hydrogen) atoms. The van der Waals surface area contributed by atoms with Crippen molar-refractivity contribution in [1.29, 1.82) is 0 Å². The van der Waals surface area contributed by atoms with Crippen molar-refractivity contribution in [3.05, 3.63) is 0 Å². The summed E-state index contributed by atoms with van der Waals surface area (Å²) >= 11 is 0. The van der Waals surface area contributed by atoms with Crippen molar-refractivity contribution in [2.45, 2.75) is 65.0 Å². The van der Waals surface area contributed by atoms with Crippen LogP contribution in [0.15, 0.2) is 0 Å². The zero-order valence-corrected chi connectivity index (χ0v) is 14.7. The number of likely N-dealkylation sites (N-methyl/N-ethyl adjacent to an activating group) is 1. The molecule has 1 N–H and O–H groups in total. The molecule has 0 amide bonds. The van der Waals surface area contributed by atoms with E-state index in [1.165, 1.54) is 26.4 Å². The number of esters is 1. The van der Waals surface area contributed by atoms with Crippen molar-refractivity contribution >= 4 is 5.97 Å². The Morgan fingerprint density at radius 3 is 2.52 bits per heavy atom.